The first kappa shape index (κ1) is 20.7. The molecule has 0 fully saturated rings. The van der Waals surface area contributed by atoms with Crippen LogP contribution in [0, 0.1) is 0 Å². The number of thiophene rings is 1. The number of hydrogen-bond donors (Lipinski definition) is 2. The predicted molar refractivity (Wildman–Crippen MR) is 106 cm³/mol. The summed E-state index contributed by atoms with van der Waals surface area (Å²) >= 11 is 1.81. The van der Waals surface area contributed by atoms with E-state index in [-0.39, 0.29) is 18.3 Å². The van der Waals surface area contributed by atoms with Crippen molar-refractivity contribution in [2.24, 2.45) is 0 Å². The summed E-state index contributed by atoms with van der Waals surface area (Å²) in [5.41, 5.74) is 2.07. The zero-order chi connectivity index (χ0) is 16.3. The number of nitrogens with one attached hydrogen (secondary N) is 2. The Morgan fingerprint density at radius 2 is 1.92 bits per heavy atom. The number of aryl methyl sites for hydroxylation is 1. The molecule has 0 aliphatic heterocycles. The van der Waals surface area contributed by atoms with Gasteiger partial charge in [0.1, 0.15) is 0 Å². The second-order valence-corrected chi connectivity index (χ2v) is 6.66. The first-order valence-electron chi connectivity index (χ1n) is 8.40. The van der Waals surface area contributed by atoms with E-state index in [1.807, 2.05) is 29.5 Å². The van der Waals surface area contributed by atoms with Crippen LogP contribution >= 0.6 is 23.7 Å². The molecule has 0 aliphatic rings. The van der Waals surface area contributed by atoms with Gasteiger partial charge in [-0.2, -0.15) is 0 Å². The fourth-order valence-electron chi connectivity index (χ4n) is 2.49. The van der Waals surface area contributed by atoms with Crippen LogP contribution in [-0.2, 0) is 17.8 Å². The normalized spacial score (nSPS) is 10.2. The molecule has 0 bridgehead atoms. The maximum absolute atomic E-state index is 12.1. The van der Waals surface area contributed by atoms with Crippen LogP contribution < -0.4 is 10.6 Å². The Balaban J connectivity index is 0.00000288. The van der Waals surface area contributed by atoms with Gasteiger partial charge in [0.25, 0.3) is 0 Å². The van der Waals surface area contributed by atoms with E-state index in [9.17, 15) is 4.79 Å². The largest absolute Gasteiger partial charge is 0.326 e. The van der Waals surface area contributed by atoms with Crippen molar-refractivity contribution in [1.82, 2.24) is 5.32 Å². The highest BCUT2D eigenvalue weighted by atomic mass is 35.5. The van der Waals surface area contributed by atoms with Crippen molar-refractivity contribution in [3.8, 4) is 0 Å². The standard InChI is InChI=1S/C19H26N2OS.ClH/c1-2-20-15-16-9-6-7-12-18(16)21-19(22)13-5-3-4-10-17-11-8-14-23-17;/h6-9,11-12,14,20H,2-5,10,13,15H2,1H3,(H,21,22);1H. The Morgan fingerprint density at radius 1 is 1.08 bits per heavy atom. The van der Waals surface area contributed by atoms with Crippen molar-refractivity contribution in [1.29, 1.82) is 0 Å². The Bertz CT molecular complexity index is 587. The van der Waals surface area contributed by atoms with E-state index in [4.69, 9.17) is 0 Å². The number of para-hydroxylation sites is 1. The number of hydrogen-bond acceptors (Lipinski definition) is 3. The molecule has 1 amide bonds. The molecule has 0 aliphatic carbocycles. The monoisotopic (exact) mass is 366 g/mol. The third-order valence-corrected chi connectivity index (χ3v) is 4.70. The average molecular weight is 367 g/mol. The number of carbonyl (C=O) groups is 1. The summed E-state index contributed by atoms with van der Waals surface area (Å²) in [4.78, 5) is 13.5. The van der Waals surface area contributed by atoms with Crippen molar-refractivity contribution in [3.05, 3.63) is 52.2 Å². The molecule has 2 aromatic rings. The van der Waals surface area contributed by atoms with Gasteiger partial charge >= 0.3 is 0 Å². The highest BCUT2D eigenvalue weighted by Gasteiger charge is 2.06. The Hall–Kier alpha value is -1.36. The molecule has 2 rings (SSSR count). The second-order valence-electron chi connectivity index (χ2n) is 5.63. The summed E-state index contributed by atoms with van der Waals surface area (Å²) < 4.78 is 0. The molecule has 0 unspecified atom stereocenters. The number of amides is 1. The van der Waals surface area contributed by atoms with Crippen molar-refractivity contribution >= 4 is 35.3 Å². The fourth-order valence-corrected chi connectivity index (χ4v) is 3.24. The highest BCUT2D eigenvalue weighted by Crippen LogP contribution is 2.16. The van der Waals surface area contributed by atoms with Gasteiger partial charge in [-0.25, -0.2) is 0 Å². The van der Waals surface area contributed by atoms with Crippen LogP contribution in [0.5, 0.6) is 0 Å². The fraction of sp³-hybridized carbons (Fsp3) is 0.421. The number of rotatable bonds is 10. The summed E-state index contributed by atoms with van der Waals surface area (Å²) in [6.07, 6.45) is 4.94. The molecule has 2 N–H and O–H groups in total. The van der Waals surface area contributed by atoms with Gasteiger partial charge in [0.2, 0.25) is 5.91 Å². The smallest absolute Gasteiger partial charge is 0.224 e. The van der Waals surface area contributed by atoms with Gasteiger partial charge in [-0.3, -0.25) is 4.79 Å². The molecule has 1 heterocycles. The van der Waals surface area contributed by atoms with Gasteiger partial charge in [-0.15, -0.1) is 23.7 Å². The van der Waals surface area contributed by atoms with E-state index >= 15 is 0 Å². The molecular weight excluding hydrogens is 340 g/mol. The first-order chi connectivity index (χ1) is 11.3. The van der Waals surface area contributed by atoms with E-state index < -0.39 is 0 Å². The first-order valence-corrected chi connectivity index (χ1v) is 9.28. The van der Waals surface area contributed by atoms with Gasteiger partial charge in [0.15, 0.2) is 0 Å². The highest BCUT2D eigenvalue weighted by molar-refractivity contribution is 7.09. The van der Waals surface area contributed by atoms with Crippen LogP contribution in [0.25, 0.3) is 0 Å². The molecule has 1 aromatic carbocycles. The summed E-state index contributed by atoms with van der Waals surface area (Å²) in [7, 11) is 0. The lowest BCUT2D eigenvalue weighted by Gasteiger charge is -2.11. The summed E-state index contributed by atoms with van der Waals surface area (Å²) in [5.74, 6) is 0.116. The molecule has 0 saturated heterocycles. The lowest BCUT2D eigenvalue weighted by molar-refractivity contribution is -0.116. The number of benzene rings is 1. The van der Waals surface area contributed by atoms with Gasteiger partial charge in [-0.05, 0) is 48.9 Å². The van der Waals surface area contributed by atoms with Crippen LogP contribution in [-0.4, -0.2) is 12.5 Å². The minimum Gasteiger partial charge on any atom is -0.326 e. The Kier molecular flexibility index (Phi) is 10.4. The molecule has 5 heteroatoms. The zero-order valence-electron chi connectivity index (χ0n) is 14.2. The van der Waals surface area contributed by atoms with Crippen molar-refractivity contribution in [2.75, 3.05) is 11.9 Å². The molecule has 0 saturated carbocycles. The van der Waals surface area contributed by atoms with Crippen LogP contribution in [0.3, 0.4) is 0 Å². The van der Waals surface area contributed by atoms with Crippen LogP contribution in [0.1, 0.15) is 43.0 Å². The summed E-state index contributed by atoms with van der Waals surface area (Å²) in [6.45, 7) is 3.79. The number of halogens is 1. The lowest BCUT2D eigenvalue weighted by Crippen LogP contribution is -2.16. The molecule has 0 radical (unpaired) electrons. The zero-order valence-corrected chi connectivity index (χ0v) is 15.8. The van der Waals surface area contributed by atoms with Crippen molar-refractivity contribution in [2.45, 2.75) is 45.6 Å². The number of anilines is 1. The van der Waals surface area contributed by atoms with Gasteiger partial charge < -0.3 is 10.6 Å². The number of unbranched alkanes of at least 4 members (excludes halogenated alkanes) is 2. The van der Waals surface area contributed by atoms with Crippen molar-refractivity contribution in [3.63, 3.8) is 0 Å². The minimum atomic E-state index is 0. The second kappa shape index (κ2) is 12.1. The summed E-state index contributed by atoms with van der Waals surface area (Å²) in [5, 5.41) is 8.47. The Labute approximate surface area is 155 Å². The van der Waals surface area contributed by atoms with Crippen LogP contribution in [0.2, 0.25) is 0 Å². The SMILES string of the molecule is CCNCc1ccccc1NC(=O)CCCCCc1cccs1.Cl. The topological polar surface area (TPSA) is 41.1 Å². The van der Waals surface area contributed by atoms with Gasteiger partial charge in [-0.1, -0.05) is 37.6 Å². The molecule has 24 heavy (non-hydrogen) atoms. The van der Waals surface area contributed by atoms with Gasteiger partial charge in [0, 0.05) is 23.5 Å². The summed E-state index contributed by atoms with van der Waals surface area (Å²) in [6, 6.07) is 12.3. The lowest BCUT2D eigenvalue weighted by atomic mass is 10.1. The van der Waals surface area contributed by atoms with Gasteiger partial charge in [0.05, 0.1) is 0 Å². The number of carbonyl (C=O) groups excluding carboxylic acids is 1. The quantitative estimate of drug-likeness (QED) is 0.579. The van der Waals surface area contributed by atoms with Crippen LogP contribution in [0.4, 0.5) is 5.69 Å². The van der Waals surface area contributed by atoms with E-state index in [0.717, 1.165) is 50.0 Å². The molecule has 0 spiro atoms. The maximum Gasteiger partial charge on any atom is 0.224 e. The molecule has 3 nitrogen and oxygen atoms in total. The van der Waals surface area contributed by atoms with E-state index in [1.165, 1.54) is 4.88 Å². The molecule has 0 atom stereocenters. The minimum absolute atomic E-state index is 0. The molecule has 132 valence electrons. The average Bonchev–Trinajstić information content (AvgIpc) is 3.07. The predicted octanol–water partition coefficient (Wildman–Crippen LogP) is 5.02. The maximum atomic E-state index is 12.1. The van der Waals surface area contributed by atoms with Crippen LogP contribution in [0.15, 0.2) is 41.8 Å². The molecular formula is C19H27ClN2OS. The third kappa shape index (κ3) is 7.47. The third-order valence-electron chi connectivity index (χ3n) is 3.76. The van der Waals surface area contributed by atoms with E-state index in [0.29, 0.717) is 6.42 Å². The Morgan fingerprint density at radius 3 is 2.67 bits per heavy atom. The van der Waals surface area contributed by atoms with E-state index in [2.05, 4.69) is 41.1 Å². The van der Waals surface area contributed by atoms with E-state index in [1.54, 1.807) is 0 Å². The van der Waals surface area contributed by atoms with Crippen molar-refractivity contribution < 1.29 is 4.79 Å². The molecule has 1 aromatic heterocycles.